The molecule has 1 saturated heterocycles. The quantitative estimate of drug-likeness (QED) is 0.769. The number of nitrogens with zero attached hydrogens (tertiary/aromatic N) is 1. The summed E-state index contributed by atoms with van der Waals surface area (Å²) >= 11 is 0. The van der Waals surface area contributed by atoms with Crippen molar-refractivity contribution in [1.82, 2.24) is 4.90 Å². The minimum Gasteiger partial charge on any atom is -0.399 e. The Morgan fingerprint density at radius 2 is 2.06 bits per heavy atom. The van der Waals surface area contributed by atoms with Gasteiger partial charge >= 0.3 is 0 Å². The second-order valence-electron chi connectivity index (χ2n) is 5.20. The van der Waals surface area contributed by atoms with Gasteiger partial charge in [0.2, 0.25) is 0 Å². The molecule has 2 nitrogen and oxygen atoms in total. The first-order valence-electron chi connectivity index (χ1n) is 6.43. The van der Waals surface area contributed by atoms with Gasteiger partial charge in [-0.25, -0.2) is 0 Å². The van der Waals surface area contributed by atoms with Crippen LogP contribution in [0.2, 0.25) is 0 Å². The second-order valence-corrected chi connectivity index (χ2v) is 5.20. The Balaban J connectivity index is 1.75. The van der Waals surface area contributed by atoms with E-state index in [1.807, 2.05) is 0 Å². The van der Waals surface area contributed by atoms with E-state index in [-0.39, 0.29) is 0 Å². The van der Waals surface area contributed by atoms with E-state index < -0.39 is 0 Å². The van der Waals surface area contributed by atoms with Crippen LogP contribution in [0.5, 0.6) is 0 Å². The molecule has 0 bridgehead atoms. The predicted octanol–water partition coefficient (Wildman–Crippen LogP) is 2.39. The molecule has 0 spiro atoms. The molecule has 1 aromatic rings. The molecule has 1 aliphatic carbocycles. The Morgan fingerprint density at radius 1 is 1.25 bits per heavy atom. The van der Waals surface area contributed by atoms with Crippen molar-refractivity contribution < 1.29 is 0 Å². The third-order valence-electron chi connectivity index (χ3n) is 4.05. The first-order valence-corrected chi connectivity index (χ1v) is 6.43. The molecule has 1 unspecified atom stereocenters. The molecule has 1 fully saturated rings. The molecule has 0 aromatic heterocycles. The van der Waals surface area contributed by atoms with E-state index in [9.17, 15) is 0 Å². The highest BCUT2D eigenvalue weighted by molar-refractivity contribution is 5.48. The molecule has 0 radical (unpaired) electrons. The molecule has 3 rings (SSSR count). The van der Waals surface area contributed by atoms with E-state index >= 15 is 0 Å². The van der Waals surface area contributed by atoms with Gasteiger partial charge in [-0.15, -0.1) is 0 Å². The number of hydrogen-bond donors (Lipinski definition) is 1. The molecule has 1 aliphatic heterocycles. The van der Waals surface area contributed by atoms with E-state index in [0.717, 1.165) is 11.6 Å². The van der Waals surface area contributed by atoms with Crippen LogP contribution < -0.4 is 5.73 Å². The first kappa shape index (κ1) is 10.2. The number of anilines is 1. The van der Waals surface area contributed by atoms with Gasteiger partial charge in [-0.05, 0) is 68.0 Å². The lowest BCUT2D eigenvalue weighted by atomic mass is 10.0. The maximum absolute atomic E-state index is 5.83. The van der Waals surface area contributed by atoms with Crippen LogP contribution in [0.15, 0.2) is 18.2 Å². The summed E-state index contributed by atoms with van der Waals surface area (Å²) in [5, 5.41) is 0. The van der Waals surface area contributed by atoms with Gasteiger partial charge in [0.1, 0.15) is 0 Å². The van der Waals surface area contributed by atoms with E-state index in [1.165, 1.54) is 50.9 Å². The van der Waals surface area contributed by atoms with E-state index in [4.69, 9.17) is 5.73 Å². The highest BCUT2D eigenvalue weighted by Gasteiger charge is 2.25. The van der Waals surface area contributed by atoms with Crippen molar-refractivity contribution in [1.29, 1.82) is 0 Å². The summed E-state index contributed by atoms with van der Waals surface area (Å²) in [5.74, 6) is 0.758. The number of rotatable bonds is 2. The molecule has 16 heavy (non-hydrogen) atoms. The fourth-order valence-electron chi connectivity index (χ4n) is 3.19. The Labute approximate surface area is 97.4 Å². The Bertz CT molecular complexity index is 380. The van der Waals surface area contributed by atoms with E-state index in [1.54, 1.807) is 5.56 Å². The maximum Gasteiger partial charge on any atom is 0.0316 e. The molecular formula is C14H20N2. The molecular weight excluding hydrogens is 196 g/mol. The van der Waals surface area contributed by atoms with Crippen LogP contribution in [0, 0.1) is 0 Å². The number of aryl methyl sites for hydroxylation is 1. The minimum atomic E-state index is 0.758. The topological polar surface area (TPSA) is 29.3 Å². The fraction of sp³-hybridized carbons (Fsp3) is 0.571. The average molecular weight is 216 g/mol. The average Bonchev–Trinajstić information content (AvgIpc) is 2.89. The molecule has 2 heteroatoms. The SMILES string of the molecule is Nc1ccc2c(c1)CCC2CN1CCCC1. The molecule has 2 aliphatic rings. The summed E-state index contributed by atoms with van der Waals surface area (Å²) in [5.41, 5.74) is 9.79. The highest BCUT2D eigenvalue weighted by Crippen LogP contribution is 2.35. The standard InChI is InChI=1S/C14H20N2/c15-13-5-6-14-11(9-13)3-4-12(14)10-16-7-1-2-8-16/h5-6,9,12H,1-4,7-8,10,15H2. The lowest BCUT2D eigenvalue weighted by molar-refractivity contribution is 0.313. The zero-order chi connectivity index (χ0) is 11.0. The van der Waals surface area contributed by atoms with Crippen molar-refractivity contribution in [3.05, 3.63) is 29.3 Å². The zero-order valence-electron chi connectivity index (χ0n) is 9.78. The molecule has 1 heterocycles. The van der Waals surface area contributed by atoms with Gasteiger partial charge in [-0.1, -0.05) is 6.07 Å². The number of nitrogen functional groups attached to an aromatic ring is 1. The Kier molecular flexibility index (Phi) is 2.60. The molecule has 86 valence electrons. The smallest absolute Gasteiger partial charge is 0.0316 e. The first-order chi connectivity index (χ1) is 7.83. The number of hydrogen-bond acceptors (Lipinski definition) is 2. The summed E-state index contributed by atoms with van der Waals surface area (Å²) in [6, 6.07) is 6.47. The summed E-state index contributed by atoms with van der Waals surface area (Å²) in [6.45, 7) is 3.87. The maximum atomic E-state index is 5.83. The molecule has 1 atom stereocenters. The monoisotopic (exact) mass is 216 g/mol. The Morgan fingerprint density at radius 3 is 2.88 bits per heavy atom. The highest BCUT2D eigenvalue weighted by atomic mass is 15.1. The minimum absolute atomic E-state index is 0.758. The van der Waals surface area contributed by atoms with E-state index in [0.29, 0.717) is 0 Å². The van der Waals surface area contributed by atoms with Crippen molar-refractivity contribution in [3.8, 4) is 0 Å². The summed E-state index contributed by atoms with van der Waals surface area (Å²) in [6.07, 6.45) is 5.32. The van der Waals surface area contributed by atoms with Gasteiger partial charge in [-0.3, -0.25) is 0 Å². The fourth-order valence-corrected chi connectivity index (χ4v) is 3.19. The zero-order valence-corrected chi connectivity index (χ0v) is 9.78. The normalized spacial score (nSPS) is 24.9. The van der Waals surface area contributed by atoms with Gasteiger partial charge in [0.15, 0.2) is 0 Å². The van der Waals surface area contributed by atoms with Gasteiger partial charge in [-0.2, -0.15) is 0 Å². The number of fused-ring (bicyclic) bond motifs is 1. The Hall–Kier alpha value is -1.02. The number of benzene rings is 1. The number of nitrogens with two attached hydrogens (primary N) is 1. The van der Waals surface area contributed by atoms with Crippen molar-refractivity contribution in [2.75, 3.05) is 25.4 Å². The second kappa shape index (κ2) is 4.10. The van der Waals surface area contributed by atoms with Gasteiger partial charge in [0, 0.05) is 12.2 Å². The van der Waals surface area contributed by atoms with Crippen LogP contribution in [0.25, 0.3) is 0 Å². The van der Waals surface area contributed by atoms with Crippen LogP contribution in [0.1, 0.15) is 36.3 Å². The van der Waals surface area contributed by atoms with Crippen molar-refractivity contribution >= 4 is 5.69 Å². The van der Waals surface area contributed by atoms with Crippen LogP contribution in [0.3, 0.4) is 0 Å². The lowest BCUT2D eigenvalue weighted by Gasteiger charge is -2.20. The van der Waals surface area contributed by atoms with Crippen LogP contribution >= 0.6 is 0 Å². The summed E-state index contributed by atoms with van der Waals surface area (Å²) in [7, 11) is 0. The molecule has 1 aromatic carbocycles. The van der Waals surface area contributed by atoms with Gasteiger partial charge in [0.05, 0.1) is 0 Å². The van der Waals surface area contributed by atoms with Gasteiger partial charge in [0.25, 0.3) is 0 Å². The number of likely N-dealkylation sites (tertiary alicyclic amines) is 1. The van der Waals surface area contributed by atoms with Crippen molar-refractivity contribution in [2.45, 2.75) is 31.6 Å². The van der Waals surface area contributed by atoms with Crippen molar-refractivity contribution in [2.24, 2.45) is 0 Å². The largest absolute Gasteiger partial charge is 0.399 e. The van der Waals surface area contributed by atoms with Gasteiger partial charge < -0.3 is 10.6 Å². The summed E-state index contributed by atoms with van der Waals surface area (Å²) < 4.78 is 0. The van der Waals surface area contributed by atoms with E-state index in [2.05, 4.69) is 23.1 Å². The van der Waals surface area contributed by atoms with Crippen LogP contribution in [0.4, 0.5) is 5.69 Å². The predicted molar refractivity (Wildman–Crippen MR) is 67.6 cm³/mol. The third-order valence-corrected chi connectivity index (χ3v) is 4.05. The third kappa shape index (κ3) is 1.82. The lowest BCUT2D eigenvalue weighted by Crippen LogP contribution is -2.24. The van der Waals surface area contributed by atoms with Crippen LogP contribution in [-0.2, 0) is 6.42 Å². The molecule has 0 amide bonds. The molecule has 2 N–H and O–H groups in total. The summed E-state index contributed by atoms with van der Waals surface area (Å²) in [4.78, 5) is 2.62. The molecule has 0 saturated carbocycles. The van der Waals surface area contributed by atoms with Crippen LogP contribution in [-0.4, -0.2) is 24.5 Å². The van der Waals surface area contributed by atoms with Crippen molar-refractivity contribution in [3.63, 3.8) is 0 Å².